The third-order valence-corrected chi connectivity index (χ3v) is 3.08. The number of rotatable bonds is 1. The van der Waals surface area contributed by atoms with Crippen molar-refractivity contribution in [3.8, 4) is 6.07 Å². The van der Waals surface area contributed by atoms with Crippen LogP contribution < -0.4 is 10.6 Å². The third-order valence-electron chi connectivity index (χ3n) is 2.39. The number of hydrogen-bond acceptors (Lipinski definition) is 3. The average Bonchev–Trinajstić information content (AvgIpc) is 2.45. The summed E-state index contributed by atoms with van der Waals surface area (Å²) in [6.07, 6.45) is 0. The number of nitrogens with zero attached hydrogens (tertiary/aromatic N) is 2. The second kappa shape index (κ2) is 3.65. The van der Waals surface area contributed by atoms with Crippen molar-refractivity contribution in [2.24, 2.45) is 5.73 Å². The molecule has 1 unspecified atom stereocenters. The van der Waals surface area contributed by atoms with Crippen LogP contribution in [0.2, 0.25) is 0 Å². The van der Waals surface area contributed by atoms with Crippen LogP contribution in [0.15, 0.2) is 22.7 Å². The van der Waals surface area contributed by atoms with Gasteiger partial charge in [-0.25, -0.2) is 0 Å². The maximum absolute atomic E-state index is 11.7. The van der Waals surface area contributed by atoms with Gasteiger partial charge in [-0.05, 0) is 12.1 Å². The highest BCUT2D eigenvalue weighted by molar-refractivity contribution is 9.10. The molecule has 0 radical (unpaired) electrons. The Bertz CT molecular complexity index is 466. The fourth-order valence-corrected chi connectivity index (χ4v) is 2.32. The van der Waals surface area contributed by atoms with Gasteiger partial charge in [0.15, 0.2) is 0 Å². The van der Waals surface area contributed by atoms with Gasteiger partial charge in [0.2, 0.25) is 5.91 Å². The Morgan fingerprint density at radius 1 is 1.60 bits per heavy atom. The predicted octanol–water partition coefficient (Wildman–Crippen LogP) is 1.32. The van der Waals surface area contributed by atoms with Gasteiger partial charge in [-0.1, -0.05) is 22.0 Å². The van der Waals surface area contributed by atoms with Crippen molar-refractivity contribution in [2.45, 2.75) is 6.04 Å². The van der Waals surface area contributed by atoms with E-state index < -0.39 is 6.04 Å². The number of carbonyl (C=O) groups excluding carboxylic acids is 1. The van der Waals surface area contributed by atoms with Gasteiger partial charge in [0.05, 0.1) is 11.8 Å². The molecule has 0 aliphatic carbocycles. The maximum Gasteiger partial charge on any atom is 0.249 e. The molecule has 4 nitrogen and oxygen atoms in total. The zero-order chi connectivity index (χ0) is 11.0. The van der Waals surface area contributed by atoms with Crippen LogP contribution in [0.5, 0.6) is 0 Å². The van der Waals surface area contributed by atoms with Crippen molar-refractivity contribution >= 4 is 27.5 Å². The van der Waals surface area contributed by atoms with Crippen molar-refractivity contribution < 1.29 is 4.79 Å². The molecule has 1 aliphatic rings. The molecule has 1 amide bonds. The molecule has 15 heavy (non-hydrogen) atoms. The minimum Gasteiger partial charge on any atom is -0.316 e. The van der Waals surface area contributed by atoms with E-state index >= 15 is 0 Å². The van der Waals surface area contributed by atoms with Crippen molar-refractivity contribution in [1.82, 2.24) is 0 Å². The van der Waals surface area contributed by atoms with E-state index in [4.69, 9.17) is 11.0 Å². The lowest BCUT2D eigenvalue weighted by Gasteiger charge is -2.12. The topological polar surface area (TPSA) is 70.1 Å². The van der Waals surface area contributed by atoms with E-state index in [-0.39, 0.29) is 12.5 Å². The molecule has 1 aromatic carbocycles. The molecule has 0 spiro atoms. The molecule has 1 atom stereocenters. The molecule has 0 bridgehead atoms. The summed E-state index contributed by atoms with van der Waals surface area (Å²) in [6, 6.07) is 6.74. The number of benzene rings is 1. The highest BCUT2D eigenvalue weighted by Crippen LogP contribution is 2.38. The number of nitriles is 1. The summed E-state index contributed by atoms with van der Waals surface area (Å²) in [6.45, 7) is 0.0377. The maximum atomic E-state index is 11.7. The van der Waals surface area contributed by atoms with Crippen molar-refractivity contribution in [2.75, 3.05) is 11.4 Å². The first-order valence-corrected chi connectivity index (χ1v) is 5.18. The highest BCUT2D eigenvalue weighted by atomic mass is 79.9. The molecular formula is C10H8BrN3O. The van der Waals surface area contributed by atoms with E-state index in [0.29, 0.717) is 0 Å². The Balaban J connectivity index is 2.56. The number of hydrogen-bond donors (Lipinski definition) is 1. The third kappa shape index (κ3) is 1.42. The number of halogens is 1. The first-order valence-electron chi connectivity index (χ1n) is 4.39. The van der Waals surface area contributed by atoms with Gasteiger partial charge < -0.3 is 5.73 Å². The lowest BCUT2D eigenvalue weighted by atomic mass is 10.1. The second-order valence-electron chi connectivity index (χ2n) is 3.23. The molecule has 1 aliphatic heterocycles. The van der Waals surface area contributed by atoms with Crippen LogP contribution in [-0.2, 0) is 4.79 Å². The molecule has 0 saturated heterocycles. The standard InChI is InChI=1S/C10H8BrN3O/c11-6-2-1-3-7-8(6)9(13)10(15)14(7)5-4-12/h1-3,9H,5,13H2. The van der Waals surface area contributed by atoms with Gasteiger partial charge in [-0.3, -0.25) is 9.69 Å². The summed E-state index contributed by atoms with van der Waals surface area (Å²) in [5.74, 6) is -0.224. The summed E-state index contributed by atoms with van der Waals surface area (Å²) in [7, 11) is 0. The average molecular weight is 266 g/mol. The Hall–Kier alpha value is -1.38. The van der Waals surface area contributed by atoms with E-state index in [1.54, 1.807) is 6.07 Å². The van der Waals surface area contributed by atoms with Crippen LogP contribution in [0.4, 0.5) is 5.69 Å². The first-order chi connectivity index (χ1) is 7.16. The Morgan fingerprint density at radius 2 is 2.33 bits per heavy atom. The number of anilines is 1. The summed E-state index contributed by atoms with van der Waals surface area (Å²) in [5.41, 5.74) is 7.27. The molecule has 1 aromatic rings. The van der Waals surface area contributed by atoms with E-state index in [2.05, 4.69) is 15.9 Å². The first kappa shape index (κ1) is 10.1. The lowest BCUT2D eigenvalue weighted by Crippen LogP contribution is -2.31. The van der Waals surface area contributed by atoms with Crippen LogP contribution in [0.25, 0.3) is 0 Å². The molecule has 2 rings (SSSR count). The molecule has 2 N–H and O–H groups in total. The zero-order valence-corrected chi connectivity index (χ0v) is 9.36. The molecule has 1 heterocycles. The number of amides is 1. The van der Waals surface area contributed by atoms with Gasteiger partial charge in [-0.15, -0.1) is 0 Å². The smallest absolute Gasteiger partial charge is 0.249 e. The minimum absolute atomic E-state index is 0.0377. The molecular weight excluding hydrogens is 258 g/mol. The molecule has 0 aromatic heterocycles. The largest absolute Gasteiger partial charge is 0.316 e. The van der Waals surface area contributed by atoms with Gasteiger partial charge >= 0.3 is 0 Å². The highest BCUT2D eigenvalue weighted by Gasteiger charge is 2.35. The van der Waals surface area contributed by atoms with Crippen molar-refractivity contribution in [3.05, 3.63) is 28.2 Å². The zero-order valence-electron chi connectivity index (χ0n) is 7.77. The van der Waals surface area contributed by atoms with E-state index in [1.807, 2.05) is 18.2 Å². The molecule has 5 heteroatoms. The minimum atomic E-state index is -0.663. The van der Waals surface area contributed by atoms with Gasteiger partial charge in [-0.2, -0.15) is 5.26 Å². The lowest BCUT2D eigenvalue weighted by molar-refractivity contribution is -0.119. The summed E-state index contributed by atoms with van der Waals surface area (Å²) in [5, 5.41) is 8.63. The monoisotopic (exact) mass is 265 g/mol. The van der Waals surface area contributed by atoms with Crippen molar-refractivity contribution in [1.29, 1.82) is 5.26 Å². The number of nitrogens with two attached hydrogens (primary N) is 1. The van der Waals surface area contributed by atoms with Gasteiger partial charge in [0, 0.05) is 10.0 Å². The Morgan fingerprint density at radius 3 is 3.00 bits per heavy atom. The number of fused-ring (bicyclic) bond motifs is 1. The van der Waals surface area contributed by atoms with Crippen LogP contribution >= 0.6 is 15.9 Å². The van der Waals surface area contributed by atoms with Crippen molar-refractivity contribution in [3.63, 3.8) is 0 Å². The van der Waals surface area contributed by atoms with Crippen LogP contribution in [0, 0.1) is 11.3 Å². The normalized spacial score (nSPS) is 18.9. The Labute approximate surface area is 95.4 Å². The quantitative estimate of drug-likeness (QED) is 0.779. The SMILES string of the molecule is N#CCN1C(=O)C(N)c2c(Br)cccc21. The van der Waals surface area contributed by atoms with Crippen LogP contribution in [0.1, 0.15) is 11.6 Å². The predicted molar refractivity (Wildman–Crippen MR) is 59.0 cm³/mol. The van der Waals surface area contributed by atoms with Crippen LogP contribution in [-0.4, -0.2) is 12.5 Å². The Kier molecular flexibility index (Phi) is 2.47. The second-order valence-corrected chi connectivity index (χ2v) is 4.09. The summed E-state index contributed by atoms with van der Waals surface area (Å²) >= 11 is 3.35. The molecule has 76 valence electrons. The summed E-state index contributed by atoms with van der Waals surface area (Å²) < 4.78 is 0.807. The van der Waals surface area contributed by atoms with Gasteiger partial charge in [0.1, 0.15) is 12.6 Å². The molecule has 0 fully saturated rings. The molecule has 0 saturated carbocycles. The number of carbonyl (C=O) groups is 1. The van der Waals surface area contributed by atoms with E-state index in [1.165, 1.54) is 4.90 Å². The fourth-order valence-electron chi connectivity index (χ4n) is 1.71. The van der Waals surface area contributed by atoms with E-state index in [0.717, 1.165) is 15.7 Å². The summed E-state index contributed by atoms with van der Waals surface area (Å²) in [4.78, 5) is 13.1. The fraction of sp³-hybridized carbons (Fsp3) is 0.200. The van der Waals surface area contributed by atoms with E-state index in [9.17, 15) is 4.79 Å². The van der Waals surface area contributed by atoms with Crippen LogP contribution in [0.3, 0.4) is 0 Å². The van der Waals surface area contributed by atoms with Gasteiger partial charge in [0.25, 0.3) is 0 Å².